The van der Waals surface area contributed by atoms with Crippen LogP contribution in [0.3, 0.4) is 0 Å². The molecule has 3 heteroatoms. The number of carbonyl (C=O) groups excluding carboxylic acids is 3. The molecule has 0 aromatic rings. The molecule has 0 saturated heterocycles. The number of hydrogen-bond donors (Lipinski definition) is 0. The van der Waals surface area contributed by atoms with Gasteiger partial charge in [-0.15, -0.1) is 0 Å². The number of unbranched alkanes of at least 4 members (excludes halogenated alkanes) is 30. The van der Waals surface area contributed by atoms with E-state index in [-0.39, 0.29) is 10.8 Å². The lowest BCUT2D eigenvalue weighted by molar-refractivity contribution is -0.127. The summed E-state index contributed by atoms with van der Waals surface area (Å²) >= 11 is 0. The van der Waals surface area contributed by atoms with Gasteiger partial charge in [0.15, 0.2) is 0 Å². The van der Waals surface area contributed by atoms with Crippen LogP contribution in [0.4, 0.5) is 0 Å². The topological polar surface area (TPSA) is 51.2 Å². The highest BCUT2D eigenvalue weighted by Crippen LogP contribution is 2.34. The zero-order chi connectivity index (χ0) is 45.6. The van der Waals surface area contributed by atoms with Crippen LogP contribution in [-0.4, -0.2) is 17.3 Å². The number of ketones is 3. The predicted molar refractivity (Wildman–Crippen MR) is 270 cm³/mol. The molecule has 0 aliphatic rings. The van der Waals surface area contributed by atoms with Crippen LogP contribution in [0, 0.1) is 16.7 Å². The van der Waals surface area contributed by atoms with E-state index >= 15 is 0 Å². The van der Waals surface area contributed by atoms with Crippen molar-refractivity contribution in [3.8, 4) is 0 Å². The lowest BCUT2D eigenvalue weighted by Gasteiger charge is -2.28. The molecule has 0 rings (SSSR count). The van der Waals surface area contributed by atoms with E-state index in [1.807, 2.05) is 0 Å². The van der Waals surface area contributed by atoms with Gasteiger partial charge in [0.2, 0.25) is 0 Å². The highest BCUT2D eigenvalue weighted by atomic mass is 16.1. The van der Waals surface area contributed by atoms with Crippen LogP contribution >= 0.6 is 0 Å². The van der Waals surface area contributed by atoms with Crippen LogP contribution in [0.15, 0.2) is 0 Å². The molecule has 0 bridgehead atoms. The normalized spacial score (nSPS) is 12.8. The Morgan fingerprint density at radius 2 is 0.633 bits per heavy atom. The van der Waals surface area contributed by atoms with Crippen molar-refractivity contribution in [1.82, 2.24) is 0 Å². The molecule has 0 fully saturated rings. The average molecular weight is 848 g/mol. The van der Waals surface area contributed by atoms with Crippen LogP contribution in [0.5, 0.6) is 0 Å². The van der Waals surface area contributed by atoms with E-state index in [9.17, 15) is 14.4 Å². The summed E-state index contributed by atoms with van der Waals surface area (Å²) in [6, 6.07) is 0. The zero-order valence-corrected chi connectivity index (χ0v) is 43.6. The Hall–Kier alpha value is -0.990. The Morgan fingerprint density at radius 3 is 0.867 bits per heavy atom. The summed E-state index contributed by atoms with van der Waals surface area (Å²) in [5.41, 5.74) is -0.0709. The first-order valence-electron chi connectivity index (χ1n) is 27.4. The molecule has 0 radical (unpaired) electrons. The van der Waals surface area contributed by atoms with Gasteiger partial charge < -0.3 is 0 Å². The minimum absolute atomic E-state index is 0.0146. The molecule has 2 unspecified atom stereocenters. The summed E-state index contributed by atoms with van der Waals surface area (Å²) in [4.78, 5) is 34.7. The van der Waals surface area contributed by atoms with Crippen LogP contribution in [0.25, 0.3) is 0 Å². The summed E-state index contributed by atoms with van der Waals surface area (Å²) in [6.07, 6.45) is 52.8. The third-order valence-corrected chi connectivity index (χ3v) is 14.5. The minimum atomic E-state index is -0.0563. The molecule has 0 aliphatic heterocycles. The van der Waals surface area contributed by atoms with Gasteiger partial charge in [0.25, 0.3) is 0 Å². The van der Waals surface area contributed by atoms with Crippen LogP contribution in [-0.2, 0) is 14.4 Å². The van der Waals surface area contributed by atoms with E-state index in [1.165, 1.54) is 212 Å². The molecular weight excluding hydrogens is 733 g/mol. The molecule has 0 heterocycles. The predicted octanol–water partition coefficient (Wildman–Crippen LogP) is 20.1. The smallest absolute Gasteiger partial charge is 0.135 e. The lowest BCUT2D eigenvalue weighted by Crippen LogP contribution is -2.27. The van der Waals surface area contributed by atoms with Crippen molar-refractivity contribution in [3.05, 3.63) is 0 Å². The average Bonchev–Trinajstić information content (AvgIpc) is 3.24. The van der Waals surface area contributed by atoms with E-state index in [4.69, 9.17) is 0 Å². The summed E-state index contributed by atoms with van der Waals surface area (Å²) < 4.78 is 0. The molecule has 3 nitrogen and oxygen atoms in total. The lowest BCUT2D eigenvalue weighted by atomic mass is 9.74. The van der Waals surface area contributed by atoms with Crippen molar-refractivity contribution in [2.24, 2.45) is 16.7 Å². The second-order valence-electron chi connectivity index (χ2n) is 19.6. The Kier molecular flexibility index (Phi) is 50.1. The first-order chi connectivity index (χ1) is 28.9. The molecule has 0 aromatic carbocycles. The third-order valence-electron chi connectivity index (χ3n) is 14.5. The number of rotatable bonds is 43. The highest BCUT2D eigenvalue weighted by molar-refractivity contribution is 5.82. The maximum atomic E-state index is 11.8. The van der Waals surface area contributed by atoms with Gasteiger partial charge >= 0.3 is 0 Å². The molecule has 60 heavy (non-hydrogen) atoms. The Labute approximate surface area is 380 Å². The van der Waals surface area contributed by atoms with Gasteiger partial charge in [0.1, 0.15) is 17.3 Å². The first kappa shape index (κ1) is 63.3. The van der Waals surface area contributed by atoms with Crippen molar-refractivity contribution >= 4 is 17.3 Å². The maximum absolute atomic E-state index is 11.8. The van der Waals surface area contributed by atoms with Gasteiger partial charge in [0, 0.05) is 16.7 Å². The summed E-state index contributed by atoms with van der Waals surface area (Å²) in [5.74, 6) is 1.49. The SMILES string of the molecule is CCCCCCCCCCCCCC(C)(CC)C(C)=O.CCCCCCCCCCCCCC(CC)(CC)C(C)=O.CCCCCCCCCCCCCC(CC)C(C)=O. The Morgan fingerprint density at radius 1 is 0.350 bits per heavy atom. The standard InChI is InChI=1S/C20H40O.C19H38O.C18H36O/c1-5-8-9-10-11-12-13-14-15-16-17-18-20(6-2,7-3)19(4)21;1-5-7-8-9-10-11-12-13-14-15-16-17-19(4,6-2)18(3)20;1-4-6-7-8-9-10-11-12-13-14-15-16-18(5-2)17(3)19/h5-18H2,1-4H3;5-17H2,1-4H3;18H,4-16H2,1-3H3. The van der Waals surface area contributed by atoms with Crippen LogP contribution < -0.4 is 0 Å². The van der Waals surface area contributed by atoms with E-state index < -0.39 is 0 Å². The monoisotopic (exact) mass is 847 g/mol. The molecule has 0 saturated carbocycles. The maximum Gasteiger partial charge on any atom is 0.135 e. The Balaban J connectivity index is -0.000000813. The van der Waals surface area contributed by atoms with E-state index in [0.29, 0.717) is 23.3 Å². The zero-order valence-electron chi connectivity index (χ0n) is 43.6. The number of carbonyl (C=O) groups is 3. The number of hydrogen-bond acceptors (Lipinski definition) is 3. The molecule has 0 spiro atoms. The van der Waals surface area contributed by atoms with Gasteiger partial charge in [-0.05, 0) is 65.7 Å². The number of Topliss-reactive ketones (excluding diaryl/α,β-unsaturated/α-hetero) is 3. The largest absolute Gasteiger partial charge is 0.300 e. The molecule has 2 atom stereocenters. The third kappa shape index (κ3) is 39.8. The van der Waals surface area contributed by atoms with E-state index in [0.717, 1.165) is 44.9 Å². The van der Waals surface area contributed by atoms with Gasteiger partial charge in [0.05, 0.1) is 0 Å². The van der Waals surface area contributed by atoms with Crippen molar-refractivity contribution in [1.29, 1.82) is 0 Å². The molecule has 0 N–H and O–H groups in total. The van der Waals surface area contributed by atoms with Gasteiger partial charge in [-0.3, -0.25) is 14.4 Å². The summed E-state index contributed by atoms with van der Waals surface area (Å²) in [5, 5.41) is 0. The molecule has 0 amide bonds. The van der Waals surface area contributed by atoms with E-state index in [2.05, 4.69) is 55.4 Å². The van der Waals surface area contributed by atoms with Crippen LogP contribution in [0.2, 0.25) is 0 Å². The molecule has 360 valence electrons. The van der Waals surface area contributed by atoms with Crippen molar-refractivity contribution < 1.29 is 14.4 Å². The second kappa shape index (κ2) is 47.5. The highest BCUT2D eigenvalue weighted by Gasteiger charge is 2.30. The van der Waals surface area contributed by atoms with Crippen LogP contribution in [0.1, 0.15) is 333 Å². The Bertz CT molecular complexity index is 903. The van der Waals surface area contributed by atoms with Gasteiger partial charge in [-0.25, -0.2) is 0 Å². The summed E-state index contributed by atoms with van der Waals surface area (Å²) in [6.45, 7) is 22.8. The van der Waals surface area contributed by atoms with Crippen molar-refractivity contribution in [2.75, 3.05) is 0 Å². The van der Waals surface area contributed by atoms with E-state index in [1.54, 1.807) is 20.8 Å². The second-order valence-corrected chi connectivity index (χ2v) is 19.6. The van der Waals surface area contributed by atoms with Crippen molar-refractivity contribution in [2.45, 2.75) is 333 Å². The minimum Gasteiger partial charge on any atom is -0.300 e. The molecular formula is C57H114O3. The van der Waals surface area contributed by atoms with Gasteiger partial charge in [-0.2, -0.15) is 0 Å². The van der Waals surface area contributed by atoms with Gasteiger partial charge in [-0.1, -0.05) is 267 Å². The molecule has 0 aliphatic carbocycles. The fraction of sp³-hybridized carbons (Fsp3) is 0.947. The fourth-order valence-corrected chi connectivity index (χ4v) is 8.94. The molecule has 0 aromatic heterocycles. The van der Waals surface area contributed by atoms with Crippen molar-refractivity contribution in [3.63, 3.8) is 0 Å². The fourth-order valence-electron chi connectivity index (χ4n) is 8.94. The quantitative estimate of drug-likeness (QED) is 0.0575. The first-order valence-corrected chi connectivity index (χ1v) is 27.4. The summed E-state index contributed by atoms with van der Waals surface area (Å²) in [7, 11) is 0.